The molecule has 0 aromatic heterocycles. The summed E-state index contributed by atoms with van der Waals surface area (Å²) in [4.78, 5) is 12.0. The van der Waals surface area contributed by atoms with E-state index >= 15 is 0 Å². The number of hydrogen-bond acceptors (Lipinski definition) is 2. The summed E-state index contributed by atoms with van der Waals surface area (Å²) in [5.74, 6) is 0.105. The largest absolute Gasteiger partial charge is 0.358 e. The van der Waals surface area contributed by atoms with Gasteiger partial charge in [0.05, 0.1) is 0 Å². The number of benzene rings is 1. The van der Waals surface area contributed by atoms with Gasteiger partial charge in [-0.05, 0) is 31.4 Å². The maximum atomic E-state index is 12.0. The molecule has 0 bridgehead atoms. The predicted octanol–water partition coefficient (Wildman–Crippen LogP) is 1.10. The van der Waals surface area contributed by atoms with E-state index < -0.39 is 5.54 Å². The molecule has 16 heavy (non-hydrogen) atoms. The van der Waals surface area contributed by atoms with E-state index in [1.165, 1.54) is 5.56 Å². The average molecular weight is 218 g/mol. The van der Waals surface area contributed by atoms with Crippen molar-refractivity contribution in [1.82, 2.24) is 10.6 Å². The van der Waals surface area contributed by atoms with Gasteiger partial charge < -0.3 is 10.6 Å². The van der Waals surface area contributed by atoms with E-state index in [1.807, 2.05) is 18.2 Å². The van der Waals surface area contributed by atoms with Gasteiger partial charge in [0.2, 0.25) is 5.91 Å². The predicted molar refractivity (Wildman–Crippen MR) is 64.2 cm³/mol. The Labute approximate surface area is 96.2 Å². The highest BCUT2D eigenvalue weighted by molar-refractivity contribution is 5.86. The number of carbonyl (C=O) groups is 1. The zero-order valence-corrected chi connectivity index (χ0v) is 9.62. The van der Waals surface area contributed by atoms with E-state index in [0.717, 1.165) is 25.8 Å². The molecular formula is C13H18N2O. The van der Waals surface area contributed by atoms with Gasteiger partial charge in [-0.3, -0.25) is 4.79 Å². The van der Waals surface area contributed by atoms with Gasteiger partial charge in [0.15, 0.2) is 0 Å². The number of carbonyl (C=O) groups excluding carboxylic acids is 1. The minimum atomic E-state index is -0.393. The van der Waals surface area contributed by atoms with E-state index in [9.17, 15) is 4.79 Å². The zero-order chi connectivity index (χ0) is 11.4. The molecule has 2 N–H and O–H groups in total. The molecule has 0 saturated carbocycles. The number of likely N-dealkylation sites (N-methyl/N-ethyl adjacent to an activating group) is 1. The summed E-state index contributed by atoms with van der Waals surface area (Å²) in [5, 5.41) is 6.12. The summed E-state index contributed by atoms with van der Waals surface area (Å²) in [7, 11) is 1.70. The summed E-state index contributed by atoms with van der Waals surface area (Å²) < 4.78 is 0. The Bertz CT molecular complexity index is 355. The molecule has 1 saturated heterocycles. The molecule has 1 amide bonds. The van der Waals surface area contributed by atoms with Crippen molar-refractivity contribution in [3.05, 3.63) is 35.9 Å². The first-order valence-electron chi connectivity index (χ1n) is 5.78. The van der Waals surface area contributed by atoms with Crippen LogP contribution in [0.2, 0.25) is 0 Å². The standard InChI is InChI=1S/C13H18N2O/c1-14-12(16)13(8-5-9-15-13)10-11-6-3-2-4-7-11/h2-4,6-7,15H,5,8-10H2,1H3,(H,14,16). The maximum Gasteiger partial charge on any atom is 0.240 e. The van der Waals surface area contributed by atoms with E-state index in [0.29, 0.717) is 0 Å². The molecule has 1 aliphatic heterocycles. The second kappa shape index (κ2) is 4.66. The van der Waals surface area contributed by atoms with Crippen molar-refractivity contribution in [2.45, 2.75) is 24.8 Å². The van der Waals surface area contributed by atoms with Crippen molar-refractivity contribution < 1.29 is 4.79 Å². The second-order valence-corrected chi connectivity index (χ2v) is 4.35. The van der Waals surface area contributed by atoms with Gasteiger partial charge in [-0.1, -0.05) is 30.3 Å². The normalized spacial score (nSPS) is 24.3. The molecule has 0 spiro atoms. The zero-order valence-electron chi connectivity index (χ0n) is 9.62. The topological polar surface area (TPSA) is 41.1 Å². The maximum absolute atomic E-state index is 12.0. The van der Waals surface area contributed by atoms with Crippen molar-refractivity contribution in [3.63, 3.8) is 0 Å². The highest BCUT2D eigenvalue weighted by Crippen LogP contribution is 2.24. The van der Waals surface area contributed by atoms with E-state index in [-0.39, 0.29) is 5.91 Å². The van der Waals surface area contributed by atoms with Crippen LogP contribution < -0.4 is 10.6 Å². The van der Waals surface area contributed by atoms with Crippen molar-refractivity contribution >= 4 is 5.91 Å². The first-order valence-corrected chi connectivity index (χ1v) is 5.78. The van der Waals surface area contributed by atoms with Crippen LogP contribution in [0.15, 0.2) is 30.3 Å². The molecule has 0 aliphatic carbocycles. The fraction of sp³-hybridized carbons (Fsp3) is 0.462. The Balaban J connectivity index is 2.18. The number of rotatable bonds is 3. The van der Waals surface area contributed by atoms with Crippen molar-refractivity contribution in [2.24, 2.45) is 0 Å². The van der Waals surface area contributed by atoms with Crippen LogP contribution in [0.3, 0.4) is 0 Å². The molecule has 1 unspecified atom stereocenters. The monoisotopic (exact) mass is 218 g/mol. The van der Waals surface area contributed by atoms with Gasteiger partial charge in [0.1, 0.15) is 5.54 Å². The second-order valence-electron chi connectivity index (χ2n) is 4.35. The molecule has 2 rings (SSSR count). The quantitative estimate of drug-likeness (QED) is 0.797. The number of amides is 1. The van der Waals surface area contributed by atoms with Crippen molar-refractivity contribution in [2.75, 3.05) is 13.6 Å². The van der Waals surface area contributed by atoms with Crippen LogP contribution in [0.5, 0.6) is 0 Å². The minimum absolute atomic E-state index is 0.105. The summed E-state index contributed by atoms with van der Waals surface area (Å²) >= 11 is 0. The number of nitrogens with one attached hydrogen (secondary N) is 2. The molecular weight excluding hydrogens is 200 g/mol. The fourth-order valence-electron chi connectivity index (χ4n) is 2.41. The van der Waals surface area contributed by atoms with E-state index in [1.54, 1.807) is 7.05 Å². The molecule has 1 atom stereocenters. The van der Waals surface area contributed by atoms with Gasteiger partial charge >= 0.3 is 0 Å². The third-order valence-electron chi connectivity index (χ3n) is 3.25. The lowest BCUT2D eigenvalue weighted by molar-refractivity contribution is -0.126. The highest BCUT2D eigenvalue weighted by Gasteiger charge is 2.40. The molecule has 3 heteroatoms. The third kappa shape index (κ3) is 2.09. The summed E-state index contributed by atoms with van der Waals surface area (Å²) in [5.41, 5.74) is 0.816. The lowest BCUT2D eigenvalue weighted by Crippen LogP contribution is -2.54. The molecule has 1 heterocycles. The van der Waals surface area contributed by atoms with Crippen LogP contribution in [0.4, 0.5) is 0 Å². The molecule has 1 aliphatic rings. The van der Waals surface area contributed by atoms with Crippen LogP contribution in [-0.4, -0.2) is 25.0 Å². The molecule has 1 aromatic carbocycles. The highest BCUT2D eigenvalue weighted by atomic mass is 16.2. The average Bonchev–Trinajstić information content (AvgIpc) is 2.79. The minimum Gasteiger partial charge on any atom is -0.358 e. The SMILES string of the molecule is CNC(=O)C1(Cc2ccccc2)CCCN1. The lowest BCUT2D eigenvalue weighted by Gasteiger charge is -2.27. The van der Waals surface area contributed by atoms with Gasteiger partial charge in [0, 0.05) is 7.05 Å². The Kier molecular flexibility index (Phi) is 3.25. The van der Waals surface area contributed by atoms with Gasteiger partial charge in [-0.25, -0.2) is 0 Å². The van der Waals surface area contributed by atoms with Crippen molar-refractivity contribution in [1.29, 1.82) is 0 Å². The van der Waals surface area contributed by atoms with Crippen LogP contribution >= 0.6 is 0 Å². The first kappa shape index (κ1) is 11.1. The first-order chi connectivity index (χ1) is 7.77. The van der Waals surface area contributed by atoms with Crippen molar-refractivity contribution in [3.8, 4) is 0 Å². The molecule has 3 nitrogen and oxygen atoms in total. The molecule has 1 fully saturated rings. The summed E-state index contributed by atoms with van der Waals surface area (Å²) in [6, 6.07) is 10.2. The van der Waals surface area contributed by atoms with Crippen LogP contribution in [-0.2, 0) is 11.2 Å². The van der Waals surface area contributed by atoms with Crippen LogP contribution in [0.25, 0.3) is 0 Å². The van der Waals surface area contributed by atoms with Gasteiger partial charge in [0.25, 0.3) is 0 Å². The van der Waals surface area contributed by atoms with Gasteiger partial charge in [-0.15, -0.1) is 0 Å². The Morgan fingerprint density at radius 2 is 2.19 bits per heavy atom. The Morgan fingerprint density at radius 1 is 1.44 bits per heavy atom. The third-order valence-corrected chi connectivity index (χ3v) is 3.25. The van der Waals surface area contributed by atoms with Gasteiger partial charge in [-0.2, -0.15) is 0 Å². The van der Waals surface area contributed by atoms with E-state index in [2.05, 4.69) is 22.8 Å². The fourth-order valence-corrected chi connectivity index (χ4v) is 2.41. The summed E-state index contributed by atoms with van der Waals surface area (Å²) in [6.45, 7) is 0.931. The molecule has 1 aromatic rings. The molecule has 0 radical (unpaired) electrons. The lowest BCUT2D eigenvalue weighted by atomic mass is 9.88. The Morgan fingerprint density at radius 3 is 2.75 bits per heavy atom. The Hall–Kier alpha value is -1.35. The summed E-state index contributed by atoms with van der Waals surface area (Å²) in [6.07, 6.45) is 2.76. The van der Waals surface area contributed by atoms with E-state index in [4.69, 9.17) is 0 Å². The smallest absolute Gasteiger partial charge is 0.240 e. The van der Waals surface area contributed by atoms with Crippen LogP contribution in [0.1, 0.15) is 18.4 Å². The number of hydrogen-bond donors (Lipinski definition) is 2. The van der Waals surface area contributed by atoms with Crippen LogP contribution in [0, 0.1) is 0 Å². The molecule has 86 valence electrons.